The highest BCUT2D eigenvalue weighted by molar-refractivity contribution is 6.15. The van der Waals surface area contributed by atoms with Crippen molar-refractivity contribution in [3.63, 3.8) is 0 Å². The van der Waals surface area contributed by atoms with Crippen LogP contribution >= 0.6 is 0 Å². The van der Waals surface area contributed by atoms with Crippen LogP contribution in [-0.2, 0) is 0 Å². The first kappa shape index (κ1) is 18.7. The highest BCUT2D eigenvalue weighted by atomic mass is 16.5. The van der Waals surface area contributed by atoms with Crippen molar-refractivity contribution in [1.29, 1.82) is 0 Å². The van der Waals surface area contributed by atoms with Gasteiger partial charge in [-0.25, -0.2) is 4.79 Å². The summed E-state index contributed by atoms with van der Waals surface area (Å²) in [5.74, 6) is 0.382. The summed E-state index contributed by atoms with van der Waals surface area (Å²) in [6, 6.07) is 18.3. The van der Waals surface area contributed by atoms with Crippen LogP contribution in [0.5, 0.6) is 11.5 Å². The molecule has 0 fully saturated rings. The second-order valence-electron chi connectivity index (χ2n) is 7.22. The summed E-state index contributed by atoms with van der Waals surface area (Å²) < 4.78 is 11.3. The molecule has 0 bridgehead atoms. The molecule has 1 heterocycles. The molecule has 0 saturated carbocycles. The van der Waals surface area contributed by atoms with Crippen LogP contribution in [0.1, 0.15) is 43.0 Å². The van der Waals surface area contributed by atoms with E-state index in [4.69, 9.17) is 9.47 Å². The number of rotatable bonds is 3. The van der Waals surface area contributed by atoms with Gasteiger partial charge in [0.05, 0.1) is 11.1 Å². The van der Waals surface area contributed by atoms with Gasteiger partial charge in [0, 0.05) is 6.07 Å². The lowest BCUT2D eigenvalue weighted by Crippen LogP contribution is -2.08. The number of allylic oxidation sites excluding steroid dienone is 1. The summed E-state index contributed by atoms with van der Waals surface area (Å²) in [7, 11) is 0. The first-order chi connectivity index (χ1) is 13.9. The van der Waals surface area contributed by atoms with E-state index in [1.165, 1.54) is 0 Å². The molecule has 0 aromatic heterocycles. The number of Topliss-reactive ketones (excluding diaryl/α,β-unsaturated/α-hetero) is 1. The molecule has 3 aromatic carbocycles. The third-order valence-corrected chi connectivity index (χ3v) is 4.78. The zero-order valence-corrected chi connectivity index (χ0v) is 16.5. The molecule has 29 heavy (non-hydrogen) atoms. The van der Waals surface area contributed by atoms with Crippen molar-refractivity contribution >= 4 is 17.8 Å². The molecule has 4 nitrogen and oxygen atoms in total. The monoisotopic (exact) mass is 384 g/mol. The van der Waals surface area contributed by atoms with Gasteiger partial charge in [-0.2, -0.15) is 0 Å². The van der Waals surface area contributed by atoms with Crippen LogP contribution in [0.2, 0.25) is 0 Å². The molecule has 0 radical (unpaired) electrons. The number of carbonyl (C=O) groups excluding carboxylic acids is 2. The molecule has 3 aromatic rings. The molecule has 0 unspecified atom stereocenters. The van der Waals surface area contributed by atoms with Gasteiger partial charge in [-0.3, -0.25) is 4.79 Å². The van der Waals surface area contributed by atoms with E-state index >= 15 is 0 Å². The second-order valence-corrected chi connectivity index (χ2v) is 7.22. The van der Waals surface area contributed by atoms with Crippen molar-refractivity contribution in [1.82, 2.24) is 0 Å². The van der Waals surface area contributed by atoms with Crippen LogP contribution in [0, 0.1) is 20.8 Å². The lowest BCUT2D eigenvalue weighted by Gasteiger charge is -2.08. The fraction of sp³-hybridized carbons (Fsp3) is 0.120. The maximum absolute atomic E-state index is 12.8. The third-order valence-electron chi connectivity index (χ3n) is 4.78. The topological polar surface area (TPSA) is 52.6 Å². The molecular formula is C25H20O4. The fourth-order valence-corrected chi connectivity index (χ4v) is 3.30. The van der Waals surface area contributed by atoms with Crippen molar-refractivity contribution < 1.29 is 19.1 Å². The Morgan fingerprint density at radius 3 is 2.41 bits per heavy atom. The van der Waals surface area contributed by atoms with Crippen LogP contribution in [0.4, 0.5) is 0 Å². The SMILES string of the molecule is Cc1ccc(C(=O)Oc2cc(C)c3c(c2)O/C(=C\c2cccc(C)c2)C3=O)cc1. The molecule has 4 heteroatoms. The molecule has 0 saturated heterocycles. The quantitative estimate of drug-likeness (QED) is 0.342. The Morgan fingerprint density at radius 2 is 1.69 bits per heavy atom. The summed E-state index contributed by atoms with van der Waals surface area (Å²) >= 11 is 0. The molecule has 0 spiro atoms. The highest BCUT2D eigenvalue weighted by Crippen LogP contribution is 2.37. The van der Waals surface area contributed by atoms with Gasteiger partial charge in [0.1, 0.15) is 11.5 Å². The number of ether oxygens (including phenoxy) is 2. The van der Waals surface area contributed by atoms with Gasteiger partial charge < -0.3 is 9.47 Å². The molecule has 0 N–H and O–H groups in total. The minimum absolute atomic E-state index is 0.171. The fourth-order valence-electron chi connectivity index (χ4n) is 3.30. The van der Waals surface area contributed by atoms with E-state index in [1.807, 2.05) is 50.2 Å². The Balaban J connectivity index is 1.60. The van der Waals surface area contributed by atoms with E-state index < -0.39 is 5.97 Å². The first-order valence-corrected chi connectivity index (χ1v) is 9.35. The largest absolute Gasteiger partial charge is 0.452 e. The molecule has 0 amide bonds. The molecule has 144 valence electrons. The van der Waals surface area contributed by atoms with E-state index in [0.29, 0.717) is 28.2 Å². The molecular weight excluding hydrogens is 364 g/mol. The predicted molar refractivity (Wildman–Crippen MR) is 111 cm³/mol. The normalized spacial score (nSPS) is 13.9. The van der Waals surface area contributed by atoms with Gasteiger partial charge in [0.15, 0.2) is 5.76 Å². The highest BCUT2D eigenvalue weighted by Gasteiger charge is 2.30. The van der Waals surface area contributed by atoms with Crippen molar-refractivity contribution in [2.75, 3.05) is 0 Å². The average molecular weight is 384 g/mol. The Morgan fingerprint density at radius 1 is 0.931 bits per heavy atom. The van der Waals surface area contributed by atoms with Crippen LogP contribution < -0.4 is 9.47 Å². The molecule has 1 aliphatic rings. The molecule has 0 atom stereocenters. The minimum atomic E-state index is -0.454. The van der Waals surface area contributed by atoms with E-state index in [2.05, 4.69) is 0 Å². The van der Waals surface area contributed by atoms with E-state index in [0.717, 1.165) is 16.7 Å². The summed E-state index contributed by atoms with van der Waals surface area (Å²) in [5, 5.41) is 0. The van der Waals surface area contributed by atoms with Gasteiger partial charge in [0.2, 0.25) is 5.78 Å². The van der Waals surface area contributed by atoms with Crippen molar-refractivity contribution in [2.45, 2.75) is 20.8 Å². The Labute approximate surface area is 169 Å². The van der Waals surface area contributed by atoms with E-state index in [9.17, 15) is 9.59 Å². The zero-order chi connectivity index (χ0) is 20.5. The maximum Gasteiger partial charge on any atom is 0.343 e. The Kier molecular flexibility index (Phi) is 4.77. The summed E-state index contributed by atoms with van der Waals surface area (Å²) in [5.41, 5.74) is 4.72. The van der Waals surface area contributed by atoms with Crippen LogP contribution in [0.15, 0.2) is 66.4 Å². The zero-order valence-electron chi connectivity index (χ0n) is 16.5. The summed E-state index contributed by atoms with van der Waals surface area (Å²) in [6.07, 6.45) is 1.73. The van der Waals surface area contributed by atoms with Crippen molar-refractivity contribution in [2.24, 2.45) is 0 Å². The smallest absolute Gasteiger partial charge is 0.343 e. The number of hydrogen-bond acceptors (Lipinski definition) is 4. The van der Waals surface area contributed by atoms with E-state index in [-0.39, 0.29) is 11.5 Å². The first-order valence-electron chi connectivity index (χ1n) is 9.35. The van der Waals surface area contributed by atoms with Crippen LogP contribution in [0.3, 0.4) is 0 Å². The number of hydrogen-bond donors (Lipinski definition) is 0. The number of fused-ring (bicyclic) bond motifs is 1. The van der Waals surface area contributed by atoms with Gasteiger partial charge in [-0.1, -0.05) is 47.5 Å². The van der Waals surface area contributed by atoms with Crippen LogP contribution in [-0.4, -0.2) is 11.8 Å². The Bertz CT molecular complexity index is 1150. The Hall–Kier alpha value is -3.66. The summed E-state index contributed by atoms with van der Waals surface area (Å²) in [4.78, 5) is 25.2. The second kappa shape index (κ2) is 7.40. The van der Waals surface area contributed by atoms with Gasteiger partial charge in [0.25, 0.3) is 0 Å². The lowest BCUT2D eigenvalue weighted by atomic mass is 10.0. The van der Waals surface area contributed by atoms with Gasteiger partial charge in [-0.05, 0) is 56.2 Å². The predicted octanol–water partition coefficient (Wildman–Crippen LogP) is 5.45. The maximum atomic E-state index is 12.8. The minimum Gasteiger partial charge on any atom is -0.452 e. The van der Waals surface area contributed by atoms with Gasteiger partial charge in [-0.15, -0.1) is 0 Å². The molecule has 0 aliphatic carbocycles. The molecule has 1 aliphatic heterocycles. The standard InChI is InChI=1S/C25H20O4/c1-15-7-9-19(10-8-15)25(27)28-20-12-17(3)23-21(14-20)29-22(24(23)26)13-18-6-4-5-16(2)11-18/h4-14H,1-3H3/b22-13-. The van der Waals surface area contributed by atoms with Crippen LogP contribution in [0.25, 0.3) is 6.08 Å². The number of ketones is 1. The van der Waals surface area contributed by atoms with Crippen molar-refractivity contribution in [3.05, 3.63) is 99.8 Å². The lowest BCUT2D eigenvalue weighted by molar-refractivity contribution is 0.0734. The number of benzene rings is 3. The average Bonchev–Trinajstić information content (AvgIpc) is 2.98. The van der Waals surface area contributed by atoms with E-state index in [1.54, 1.807) is 37.3 Å². The molecule has 4 rings (SSSR count). The van der Waals surface area contributed by atoms with Crippen molar-refractivity contribution in [3.8, 4) is 11.5 Å². The number of esters is 1. The summed E-state index contributed by atoms with van der Waals surface area (Å²) in [6.45, 7) is 5.75. The van der Waals surface area contributed by atoms with Gasteiger partial charge >= 0.3 is 5.97 Å². The number of aryl methyl sites for hydroxylation is 3. The number of carbonyl (C=O) groups is 2. The third kappa shape index (κ3) is 3.83.